The van der Waals surface area contributed by atoms with Crippen LogP contribution < -0.4 is 0 Å². The summed E-state index contributed by atoms with van der Waals surface area (Å²) in [5.74, 6) is 0. The molecule has 20 heavy (non-hydrogen) atoms. The molecule has 0 bridgehead atoms. The summed E-state index contributed by atoms with van der Waals surface area (Å²) in [5, 5.41) is 5.01. The van der Waals surface area contributed by atoms with Gasteiger partial charge in [-0.3, -0.25) is 9.97 Å². The van der Waals surface area contributed by atoms with E-state index in [1.54, 1.807) is 0 Å². The summed E-state index contributed by atoms with van der Waals surface area (Å²) in [6.45, 7) is 4.29. The summed E-state index contributed by atoms with van der Waals surface area (Å²) < 4.78 is 0. The summed E-state index contributed by atoms with van der Waals surface area (Å²) in [7, 11) is 0. The largest absolute Gasteiger partial charge is 0.256 e. The van der Waals surface area contributed by atoms with Gasteiger partial charge in [0.05, 0.1) is 11.0 Å². The number of aromatic nitrogens is 2. The number of benzene rings is 2. The molecule has 0 saturated carbocycles. The van der Waals surface area contributed by atoms with E-state index >= 15 is 0 Å². The fraction of sp³-hybridized carbons (Fsp3) is 0.111. The van der Waals surface area contributed by atoms with Gasteiger partial charge in [-0.1, -0.05) is 12.1 Å². The standard InChI is InChI=1S/C18H14N2/c1-11-7-9-19-15-5-4-14-13(17(11)15)3-6-16-18(14)12(2)8-10-20-16/h3-10H,1-2H3. The molecule has 0 aliphatic heterocycles. The summed E-state index contributed by atoms with van der Waals surface area (Å²) in [5.41, 5.74) is 4.64. The maximum atomic E-state index is 4.48. The van der Waals surface area contributed by atoms with Gasteiger partial charge in [-0.15, -0.1) is 0 Å². The van der Waals surface area contributed by atoms with Gasteiger partial charge in [0.15, 0.2) is 0 Å². The second-order valence-electron chi connectivity index (χ2n) is 5.27. The van der Waals surface area contributed by atoms with E-state index in [4.69, 9.17) is 0 Å². The predicted molar refractivity (Wildman–Crippen MR) is 84.0 cm³/mol. The van der Waals surface area contributed by atoms with Crippen LogP contribution in [0.1, 0.15) is 11.1 Å². The van der Waals surface area contributed by atoms with Crippen molar-refractivity contribution in [3.63, 3.8) is 0 Å². The third-order valence-corrected chi connectivity index (χ3v) is 4.02. The number of pyridine rings is 2. The minimum Gasteiger partial charge on any atom is -0.256 e. The van der Waals surface area contributed by atoms with E-state index in [2.05, 4.69) is 60.2 Å². The molecule has 4 rings (SSSR count). The summed E-state index contributed by atoms with van der Waals surface area (Å²) in [4.78, 5) is 8.96. The molecule has 0 atom stereocenters. The Kier molecular flexibility index (Phi) is 2.27. The van der Waals surface area contributed by atoms with Gasteiger partial charge in [-0.25, -0.2) is 0 Å². The molecule has 0 saturated heterocycles. The Morgan fingerprint density at radius 2 is 1.05 bits per heavy atom. The first-order valence-corrected chi connectivity index (χ1v) is 6.78. The van der Waals surface area contributed by atoms with Crippen molar-refractivity contribution in [2.24, 2.45) is 0 Å². The Morgan fingerprint density at radius 1 is 0.600 bits per heavy atom. The second kappa shape index (κ2) is 4.01. The van der Waals surface area contributed by atoms with Crippen molar-refractivity contribution in [1.29, 1.82) is 0 Å². The Balaban J connectivity index is 2.34. The molecule has 4 aromatic rings. The van der Waals surface area contributed by atoms with Crippen molar-refractivity contribution in [2.45, 2.75) is 13.8 Å². The van der Waals surface area contributed by atoms with Crippen LogP contribution in [0.3, 0.4) is 0 Å². The van der Waals surface area contributed by atoms with E-state index in [0.29, 0.717) is 0 Å². The topological polar surface area (TPSA) is 25.8 Å². The SMILES string of the molecule is Cc1ccnc2ccc3c(ccc4nccc(C)c43)c12. The van der Waals surface area contributed by atoms with Gasteiger partial charge in [0, 0.05) is 23.2 Å². The highest BCUT2D eigenvalue weighted by Gasteiger charge is 2.08. The zero-order valence-electron chi connectivity index (χ0n) is 11.5. The highest BCUT2D eigenvalue weighted by molar-refractivity contribution is 6.17. The van der Waals surface area contributed by atoms with Gasteiger partial charge in [0.2, 0.25) is 0 Å². The van der Waals surface area contributed by atoms with Crippen molar-refractivity contribution < 1.29 is 0 Å². The zero-order valence-corrected chi connectivity index (χ0v) is 11.5. The molecule has 0 fully saturated rings. The predicted octanol–water partition coefficient (Wildman–Crippen LogP) is 4.55. The fourth-order valence-electron chi connectivity index (χ4n) is 3.05. The van der Waals surface area contributed by atoms with Crippen molar-refractivity contribution in [3.8, 4) is 0 Å². The monoisotopic (exact) mass is 258 g/mol. The molecular formula is C18H14N2. The summed E-state index contributed by atoms with van der Waals surface area (Å²) in [6.07, 6.45) is 3.74. The molecule has 0 amide bonds. The van der Waals surface area contributed by atoms with Crippen LogP contribution in [0.25, 0.3) is 32.6 Å². The third-order valence-electron chi connectivity index (χ3n) is 4.02. The van der Waals surface area contributed by atoms with Gasteiger partial charge in [-0.05, 0) is 60.0 Å². The molecule has 0 N–H and O–H groups in total. The minimum absolute atomic E-state index is 1.05. The van der Waals surface area contributed by atoms with Crippen LogP contribution in [0, 0.1) is 13.8 Å². The van der Waals surface area contributed by atoms with E-state index in [0.717, 1.165) is 11.0 Å². The number of fused-ring (bicyclic) bond motifs is 5. The Hall–Kier alpha value is -2.48. The molecule has 2 aromatic heterocycles. The number of hydrogen-bond acceptors (Lipinski definition) is 2. The Labute approximate surface area is 117 Å². The quantitative estimate of drug-likeness (QED) is 0.432. The van der Waals surface area contributed by atoms with Gasteiger partial charge in [0.1, 0.15) is 0 Å². The lowest BCUT2D eigenvalue weighted by Crippen LogP contribution is -1.88. The molecular weight excluding hydrogens is 244 g/mol. The van der Waals surface area contributed by atoms with Crippen LogP contribution in [0.4, 0.5) is 0 Å². The molecule has 0 radical (unpaired) electrons. The van der Waals surface area contributed by atoms with E-state index < -0.39 is 0 Å². The first-order chi connectivity index (χ1) is 9.75. The normalized spacial score (nSPS) is 11.5. The molecule has 96 valence electrons. The lowest BCUT2D eigenvalue weighted by atomic mass is 9.97. The number of aryl methyl sites for hydroxylation is 2. The van der Waals surface area contributed by atoms with Crippen molar-refractivity contribution in [3.05, 3.63) is 59.9 Å². The summed E-state index contributed by atoms with van der Waals surface area (Å²) in [6, 6.07) is 12.7. The average Bonchev–Trinajstić information content (AvgIpc) is 2.47. The fourth-order valence-corrected chi connectivity index (χ4v) is 3.05. The zero-order chi connectivity index (χ0) is 13.7. The molecule has 2 heteroatoms. The van der Waals surface area contributed by atoms with Gasteiger partial charge < -0.3 is 0 Å². The molecule has 2 nitrogen and oxygen atoms in total. The molecule has 0 aliphatic carbocycles. The number of rotatable bonds is 0. The lowest BCUT2D eigenvalue weighted by Gasteiger charge is -2.10. The number of nitrogens with zero attached hydrogens (tertiary/aromatic N) is 2. The van der Waals surface area contributed by atoms with Crippen molar-refractivity contribution >= 4 is 32.6 Å². The van der Waals surface area contributed by atoms with E-state index in [1.807, 2.05) is 12.4 Å². The Bertz CT molecular complexity index is 890. The Morgan fingerprint density at radius 3 is 1.50 bits per heavy atom. The average molecular weight is 258 g/mol. The van der Waals surface area contributed by atoms with Crippen LogP contribution in [-0.2, 0) is 0 Å². The molecule has 0 aliphatic rings. The van der Waals surface area contributed by atoms with Crippen molar-refractivity contribution in [2.75, 3.05) is 0 Å². The second-order valence-corrected chi connectivity index (χ2v) is 5.27. The van der Waals surface area contributed by atoms with Gasteiger partial charge >= 0.3 is 0 Å². The molecule has 2 heterocycles. The number of hydrogen-bond donors (Lipinski definition) is 0. The maximum Gasteiger partial charge on any atom is 0.0711 e. The van der Waals surface area contributed by atoms with Crippen LogP contribution in [0.2, 0.25) is 0 Å². The van der Waals surface area contributed by atoms with Crippen LogP contribution >= 0.6 is 0 Å². The third kappa shape index (κ3) is 1.45. The highest BCUT2D eigenvalue weighted by atomic mass is 14.7. The van der Waals surface area contributed by atoms with E-state index in [1.165, 1.54) is 32.7 Å². The van der Waals surface area contributed by atoms with Crippen LogP contribution in [0.15, 0.2) is 48.8 Å². The first-order valence-electron chi connectivity index (χ1n) is 6.78. The van der Waals surface area contributed by atoms with Crippen LogP contribution in [0.5, 0.6) is 0 Å². The molecule has 0 unspecified atom stereocenters. The summed E-state index contributed by atoms with van der Waals surface area (Å²) >= 11 is 0. The smallest absolute Gasteiger partial charge is 0.0711 e. The lowest BCUT2D eigenvalue weighted by molar-refractivity contribution is 1.37. The molecule has 0 spiro atoms. The maximum absolute atomic E-state index is 4.48. The molecule has 2 aromatic carbocycles. The van der Waals surface area contributed by atoms with E-state index in [-0.39, 0.29) is 0 Å². The minimum atomic E-state index is 1.05. The van der Waals surface area contributed by atoms with E-state index in [9.17, 15) is 0 Å². The van der Waals surface area contributed by atoms with Crippen LogP contribution in [-0.4, -0.2) is 9.97 Å². The van der Waals surface area contributed by atoms with Gasteiger partial charge in [0.25, 0.3) is 0 Å². The van der Waals surface area contributed by atoms with Gasteiger partial charge in [-0.2, -0.15) is 0 Å². The first kappa shape index (κ1) is 11.4. The highest BCUT2D eigenvalue weighted by Crippen LogP contribution is 2.32. The van der Waals surface area contributed by atoms with Crippen molar-refractivity contribution in [1.82, 2.24) is 9.97 Å².